The molecule has 0 aliphatic rings. The molecule has 0 saturated heterocycles. The molecule has 0 spiro atoms. The van der Waals surface area contributed by atoms with Crippen LogP contribution in [-0.2, 0) is 0 Å². The summed E-state index contributed by atoms with van der Waals surface area (Å²) in [6, 6.07) is 22.3. The number of thiocarbonyl (C=S) groups is 1. The molecule has 0 aromatic heterocycles. The summed E-state index contributed by atoms with van der Waals surface area (Å²) in [6.07, 6.45) is -1.05. The van der Waals surface area contributed by atoms with Crippen LogP contribution in [0, 0.1) is 0 Å². The van der Waals surface area contributed by atoms with Crippen molar-refractivity contribution in [3.8, 4) is 0 Å². The molecule has 28 heavy (non-hydrogen) atoms. The normalized spacial score (nSPS) is 12.2. The number of hydrogen-bond donors (Lipinski definition) is 3. The number of carbonyl (C=O) groups is 1. The van der Waals surface area contributed by atoms with E-state index in [1.165, 1.54) is 0 Å². The van der Waals surface area contributed by atoms with Gasteiger partial charge in [0, 0.05) is 11.3 Å². The third kappa shape index (κ3) is 5.26. The number of hydrogen-bond acceptors (Lipinski definition) is 2. The Morgan fingerprint density at radius 2 is 1.50 bits per heavy atom. The van der Waals surface area contributed by atoms with E-state index in [0.29, 0.717) is 5.56 Å². The van der Waals surface area contributed by atoms with Gasteiger partial charge in [-0.2, -0.15) is 0 Å². The molecule has 0 bridgehead atoms. The molecule has 0 aliphatic heterocycles. The summed E-state index contributed by atoms with van der Waals surface area (Å²) < 4.78 is -1.83. The van der Waals surface area contributed by atoms with Crippen LogP contribution in [0.5, 0.6) is 0 Å². The summed E-state index contributed by atoms with van der Waals surface area (Å²) in [7, 11) is 0. The maximum atomic E-state index is 12.9. The Kier molecular flexibility index (Phi) is 6.62. The number of fused-ring (bicyclic) bond motifs is 1. The Labute approximate surface area is 183 Å². The van der Waals surface area contributed by atoms with Crippen LogP contribution in [0.2, 0.25) is 0 Å². The van der Waals surface area contributed by atoms with Gasteiger partial charge in [-0.15, -0.1) is 0 Å². The maximum absolute atomic E-state index is 12.9. The van der Waals surface area contributed by atoms with Crippen molar-refractivity contribution in [3.05, 3.63) is 78.4 Å². The molecule has 1 amide bonds. The lowest BCUT2D eigenvalue weighted by Gasteiger charge is -2.28. The van der Waals surface area contributed by atoms with Crippen molar-refractivity contribution >= 4 is 74.5 Å². The zero-order valence-corrected chi connectivity index (χ0v) is 17.5. The Bertz CT molecular complexity index is 987. The molecule has 0 heterocycles. The molecule has 3 aromatic rings. The lowest BCUT2D eigenvalue weighted by atomic mass is 10.0. The van der Waals surface area contributed by atoms with Gasteiger partial charge in [-0.05, 0) is 41.2 Å². The molecule has 0 aliphatic carbocycles. The third-order valence-electron chi connectivity index (χ3n) is 3.94. The summed E-state index contributed by atoms with van der Waals surface area (Å²) in [4.78, 5) is 12.9. The van der Waals surface area contributed by atoms with E-state index in [1.807, 2.05) is 60.7 Å². The van der Waals surface area contributed by atoms with Crippen molar-refractivity contribution < 1.29 is 4.79 Å². The quantitative estimate of drug-likeness (QED) is 0.287. The smallest absolute Gasteiger partial charge is 0.253 e. The first-order chi connectivity index (χ1) is 13.3. The minimum Gasteiger partial charge on any atom is -0.339 e. The highest BCUT2D eigenvalue weighted by atomic mass is 35.6. The number of benzene rings is 3. The van der Waals surface area contributed by atoms with E-state index >= 15 is 0 Å². The van der Waals surface area contributed by atoms with Gasteiger partial charge in [0.15, 0.2) is 5.11 Å². The van der Waals surface area contributed by atoms with Crippen molar-refractivity contribution in [2.24, 2.45) is 0 Å². The molecule has 0 fully saturated rings. The highest BCUT2D eigenvalue weighted by molar-refractivity contribution is 7.80. The van der Waals surface area contributed by atoms with Crippen LogP contribution in [-0.4, -0.2) is 21.0 Å². The molecule has 144 valence electrons. The second-order valence-corrected chi connectivity index (χ2v) is 8.72. The van der Waals surface area contributed by atoms with Crippen molar-refractivity contribution in [2.75, 3.05) is 5.32 Å². The van der Waals surface area contributed by atoms with E-state index in [1.54, 1.807) is 12.1 Å². The van der Waals surface area contributed by atoms with E-state index in [9.17, 15) is 4.79 Å². The average Bonchev–Trinajstić information content (AvgIpc) is 2.67. The molecule has 3 rings (SSSR count). The van der Waals surface area contributed by atoms with Gasteiger partial charge in [0.1, 0.15) is 6.17 Å². The molecule has 8 heteroatoms. The SMILES string of the molecule is O=C(N[C@@H](NC(=S)Nc1ccccc1)C(Cl)(Cl)Cl)c1cccc2ccccc12. The van der Waals surface area contributed by atoms with Crippen LogP contribution < -0.4 is 16.0 Å². The zero-order chi connectivity index (χ0) is 20.1. The minimum atomic E-state index is -1.83. The number of anilines is 1. The molecule has 4 nitrogen and oxygen atoms in total. The highest BCUT2D eigenvalue weighted by Crippen LogP contribution is 2.29. The second kappa shape index (κ2) is 8.97. The number of carbonyl (C=O) groups excluding carboxylic acids is 1. The number of amides is 1. The molecule has 0 saturated carbocycles. The van der Waals surface area contributed by atoms with Gasteiger partial charge in [0.05, 0.1) is 0 Å². The Balaban J connectivity index is 1.77. The van der Waals surface area contributed by atoms with Gasteiger partial charge in [-0.25, -0.2) is 0 Å². The molecule has 0 radical (unpaired) electrons. The maximum Gasteiger partial charge on any atom is 0.253 e. The number of para-hydroxylation sites is 1. The molecule has 3 N–H and O–H groups in total. The minimum absolute atomic E-state index is 0.209. The van der Waals surface area contributed by atoms with E-state index in [2.05, 4.69) is 16.0 Å². The van der Waals surface area contributed by atoms with E-state index in [-0.39, 0.29) is 11.0 Å². The predicted molar refractivity (Wildman–Crippen MR) is 121 cm³/mol. The average molecular weight is 453 g/mol. The molecular weight excluding hydrogens is 437 g/mol. The highest BCUT2D eigenvalue weighted by Gasteiger charge is 2.35. The van der Waals surface area contributed by atoms with Crippen molar-refractivity contribution in [2.45, 2.75) is 9.96 Å². The predicted octanol–water partition coefficient (Wildman–Crippen LogP) is 5.25. The number of alkyl halides is 3. The van der Waals surface area contributed by atoms with Crippen LogP contribution in [0.3, 0.4) is 0 Å². The first-order valence-corrected chi connectivity index (χ1v) is 9.87. The van der Waals surface area contributed by atoms with Gasteiger partial charge >= 0.3 is 0 Å². The fourth-order valence-electron chi connectivity index (χ4n) is 2.65. The first-order valence-electron chi connectivity index (χ1n) is 8.32. The summed E-state index contributed by atoms with van der Waals surface area (Å²) in [5.74, 6) is -0.386. The van der Waals surface area contributed by atoms with E-state index < -0.39 is 9.96 Å². The Morgan fingerprint density at radius 1 is 0.857 bits per heavy atom. The number of nitrogens with one attached hydrogen (secondary N) is 3. The molecule has 3 aromatic carbocycles. The standard InChI is InChI=1S/C20H16Cl3N3OS/c21-20(22,23)18(26-19(28)24-14-9-2-1-3-10-14)25-17(27)16-12-6-8-13-7-4-5-11-15(13)16/h1-12,18H,(H,25,27)(H2,24,26,28)/t18-/m0/s1. The fraction of sp³-hybridized carbons (Fsp3) is 0.100. The Hall–Kier alpha value is -2.05. The van der Waals surface area contributed by atoms with E-state index in [4.69, 9.17) is 47.0 Å². The lowest BCUT2D eigenvalue weighted by molar-refractivity contribution is 0.0936. The molecule has 1 atom stereocenters. The van der Waals surface area contributed by atoms with Crippen LogP contribution in [0.4, 0.5) is 5.69 Å². The van der Waals surface area contributed by atoms with Crippen LogP contribution in [0.25, 0.3) is 10.8 Å². The summed E-state index contributed by atoms with van der Waals surface area (Å²) in [5, 5.41) is 10.5. The van der Waals surface area contributed by atoms with Crippen LogP contribution >= 0.6 is 47.0 Å². The fourth-order valence-corrected chi connectivity index (χ4v) is 3.21. The number of halogens is 3. The van der Waals surface area contributed by atoms with Gasteiger partial charge in [-0.3, -0.25) is 4.79 Å². The largest absolute Gasteiger partial charge is 0.339 e. The summed E-state index contributed by atoms with van der Waals surface area (Å²) >= 11 is 23.5. The Morgan fingerprint density at radius 3 is 2.21 bits per heavy atom. The van der Waals surface area contributed by atoms with E-state index in [0.717, 1.165) is 16.5 Å². The monoisotopic (exact) mass is 451 g/mol. The topological polar surface area (TPSA) is 53.2 Å². The van der Waals surface area contributed by atoms with Gasteiger partial charge in [0.25, 0.3) is 5.91 Å². The van der Waals surface area contributed by atoms with Crippen molar-refractivity contribution in [1.82, 2.24) is 10.6 Å². The van der Waals surface area contributed by atoms with Crippen LogP contribution in [0.15, 0.2) is 72.8 Å². The third-order valence-corrected chi connectivity index (χ3v) is 4.82. The lowest BCUT2D eigenvalue weighted by Crippen LogP contribution is -2.56. The van der Waals surface area contributed by atoms with Gasteiger partial charge in [-0.1, -0.05) is 89.4 Å². The van der Waals surface area contributed by atoms with Crippen LogP contribution in [0.1, 0.15) is 10.4 Å². The van der Waals surface area contributed by atoms with Crippen molar-refractivity contribution in [3.63, 3.8) is 0 Å². The molecule has 0 unspecified atom stereocenters. The second-order valence-electron chi connectivity index (χ2n) is 5.94. The first kappa shape index (κ1) is 20.7. The van der Waals surface area contributed by atoms with Gasteiger partial charge < -0.3 is 16.0 Å². The summed E-state index contributed by atoms with van der Waals surface area (Å²) in [6.45, 7) is 0. The van der Waals surface area contributed by atoms with Crippen molar-refractivity contribution in [1.29, 1.82) is 0 Å². The summed E-state index contributed by atoms with van der Waals surface area (Å²) in [5.41, 5.74) is 1.24. The van der Waals surface area contributed by atoms with Gasteiger partial charge in [0.2, 0.25) is 3.79 Å². The zero-order valence-electron chi connectivity index (χ0n) is 14.5. The number of rotatable bonds is 4. The molecular formula is C20H16Cl3N3OS.